The predicted molar refractivity (Wildman–Crippen MR) is 76.0 cm³/mol. The highest BCUT2D eigenvalue weighted by Crippen LogP contribution is 2.28. The van der Waals surface area contributed by atoms with Crippen molar-refractivity contribution in [3.8, 4) is 0 Å². The Balaban J connectivity index is 1.82. The minimum absolute atomic E-state index is 0.237. The molecule has 19 heavy (non-hydrogen) atoms. The molecule has 5 nitrogen and oxygen atoms in total. The summed E-state index contributed by atoms with van der Waals surface area (Å²) < 4.78 is 28.2. The van der Waals surface area contributed by atoms with Gasteiger partial charge in [-0.15, -0.1) is 0 Å². The van der Waals surface area contributed by atoms with Gasteiger partial charge in [-0.05, 0) is 37.0 Å². The van der Waals surface area contributed by atoms with Gasteiger partial charge < -0.3 is 15.8 Å². The molecular formula is C13H20N2O3S. The van der Waals surface area contributed by atoms with Crippen LogP contribution in [0.15, 0.2) is 23.1 Å². The van der Waals surface area contributed by atoms with Crippen molar-refractivity contribution in [3.63, 3.8) is 0 Å². The number of rotatable bonds is 7. The van der Waals surface area contributed by atoms with E-state index in [4.69, 9.17) is 10.5 Å². The van der Waals surface area contributed by atoms with E-state index in [9.17, 15) is 8.42 Å². The third kappa shape index (κ3) is 4.40. The largest absolute Gasteiger partial charge is 0.397 e. The van der Waals surface area contributed by atoms with E-state index in [1.807, 2.05) is 0 Å². The van der Waals surface area contributed by atoms with Crippen molar-refractivity contribution >= 4 is 21.2 Å². The van der Waals surface area contributed by atoms with Crippen molar-refractivity contribution in [2.45, 2.75) is 17.7 Å². The molecule has 0 aliphatic heterocycles. The fourth-order valence-corrected chi connectivity index (χ4v) is 2.38. The molecule has 1 aliphatic carbocycles. The Morgan fingerprint density at radius 2 is 2.16 bits per heavy atom. The van der Waals surface area contributed by atoms with E-state index in [0.717, 1.165) is 18.2 Å². The van der Waals surface area contributed by atoms with Crippen molar-refractivity contribution in [3.05, 3.63) is 18.2 Å². The molecule has 1 saturated carbocycles. The van der Waals surface area contributed by atoms with E-state index < -0.39 is 9.84 Å². The van der Waals surface area contributed by atoms with Gasteiger partial charge in [0.05, 0.1) is 22.9 Å². The fraction of sp³-hybridized carbons (Fsp3) is 0.538. The SMILES string of the molecule is CS(=O)(=O)c1ccc(NCCOCC2CC2)c(N)c1. The molecule has 0 bridgehead atoms. The van der Waals surface area contributed by atoms with Crippen LogP contribution in [0.1, 0.15) is 12.8 Å². The van der Waals surface area contributed by atoms with Crippen molar-refractivity contribution in [2.75, 3.05) is 37.1 Å². The average Bonchev–Trinajstić information content (AvgIpc) is 3.13. The van der Waals surface area contributed by atoms with E-state index in [1.54, 1.807) is 12.1 Å². The molecule has 0 amide bonds. The minimum Gasteiger partial charge on any atom is -0.397 e. The van der Waals surface area contributed by atoms with Crippen LogP contribution in [0.3, 0.4) is 0 Å². The second-order valence-corrected chi connectivity index (χ2v) is 6.98. The highest BCUT2D eigenvalue weighted by atomic mass is 32.2. The van der Waals surface area contributed by atoms with Gasteiger partial charge in [0.25, 0.3) is 0 Å². The van der Waals surface area contributed by atoms with Gasteiger partial charge in [-0.25, -0.2) is 8.42 Å². The first-order valence-corrected chi connectivity index (χ1v) is 8.27. The van der Waals surface area contributed by atoms with Crippen LogP contribution in [0, 0.1) is 5.92 Å². The van der Waals surface area contributed by atoms with E-state index >= 15 is 0 Å². The van der Waals surface area contributed by atoms with Gasteiger partial charge in [-0.1, -0.05) is 0 Å². The minimum atomic E-state index is -3.21. The molecule has 3 N–H and O–H groups in total. The van der Waals surface area contributed by atoms with Crippen molar-refractivity contribution in [1.82, 2.24) is 0 Å². The second-order valence-electron chi connectivity index (χ2n) is 4.97. The molecule has 0 spiro atoms. The molecule has 1 fully saturated rings. The lowest BCUT2D eigenvalue weighted by Gasteiger charge is -2.10. The summed E-state index contributed by atoms with van der Waals surface area (Å²) in [6, 6.07) is 4.72. The molecular weight excluding hydrogens is 264 g/mol. The Morgan fingerprint density at radius 1 is 1.42 bits per heavy atom. The van der Waals surface area contributed by atoms with Crippen molar-refractivity contribution in [1.29, 1.82) is 0 Å². The Hall–Kier alpha value is -1.27. The number of hydrogen-bond acceptors (Lipinski definition) is 5. The zero-order valence-electron chi connectivity index (χ0n) is 11.1. The van der Waals surface area contributed by atoms with E-state index in [1.165, 1.54) is 25.2 Å². The number of nitrogen functional groups attached to an aromatic ring is 1. The molecule has 6 heteroatoms. The van der Waals surface area contributed by atoms with E-state index in [-0.39, 0.29) is 4.90 Å². The van der Waals surface area contributed by atoms with E-state index in [0.29, 0.717) is 18.8 Å². The first-order valence-electron chi connectivity index (χ1n) is 6.38. The van der Waals surface area contributed by atoms with Crippen LogP contribution in [-0.2, 0) is 14.6 Å². The molecule has 1 aromatic rings. The Labute approximate surface area is 114 Å². The standard InChI is InChI=1S/C13H20N2O3S/c1-19(16,17)11-4-5-13(12(14)8-11)15-6-7-18-9-10-2-3-10/h4-5,8,10,15H,2-3,6-7,9,14H2,1H3. The molecule has 0 aromatic heterocycles. The number of hydrogen-bond donors (Lipinski definition) is 2. The third-order valence-corrected chi connectivity index (χ3v) is 4.17. The molecule has 0 heterocycles. The normalized spacial score (nSPS) is 15.4. The zero-order valence-corrected chi connectivity index (χ0v) is 11.9. The quantitative estimate of drug-likeness (QED) is 0.586. The van der Waals surface area contributed by atoms with Gasteiger partial charge in [0.15, 0.2) is 9.84 Å². The monoisotopic (exact) mass is 284 g/mol. The maximum absolute atomic E-state index is 11.4. The number of nitrogens with two attached hydrogens (primary N) is 1. The van der Waals surface area contributed by atoms with Crippen LogP contribution in [0.25, 0.3) is 0 Å². The summed E-state index contributed by atoms with van der Waals surface area (Å²) in [5.41, 5.74) is 7.00. The number of benzene rings is 1. The topological polar surface area (TPSA) is 81.4 Å². The van der Waals surface area contributed by atoms with Gasteiger partial charge >= 0.3 is 0 Å². The lowest BCUT2D eigenvalue weighted by atomic mass is 10.2. The number of ether oxygens (including phenoxy) is 1. The summed E-state index contributed by atoms with van der Waals surface area (Å²) in [4.78, 5) is 0.237. The Kier molecular flexibility index (Phi) is 4.31. The van der Waals surface area contributed by atoms with Crippen molar-refractivity contribution in [2.24, 2.45) is 5.92 Å². The molecule has 1 aliphatic rings. The lowest BCUT2D eigenvalue weighted by molar-refractivity contribution is 0.134. The second kappa shape index (κ2) is 5.79. The molecule has 1 aromatic carbocycles. The van der Waals surface area contributed by atoms with Crippen LogP contribution in [0.5, 0.6) is 0 Å². The predicted octanol–water partition coefficient (Wildman–Crippen LogP) is 1.51. The fourth-order valence-electron chi connectivity index (χ4n) is 1.72. The number of nitrogens with one attached hydrogen (secondary N) is 1. The Bertz CT molecular complexity index is 539. The molecule has 0 saturated heterocycles. The van der Waals surface area contributed by atoms with Crippen LogP contribution in [-0.4, -0.2) is 34.4 Å². The summed E-state index contributed by atoms with van der Waals surface area (Å²) in [5, 5.41) is 3.14. The summed E-state index contributed by atoms with van der Waals surface area (Å²) in [6.07, 6.45) is 3.74. The van der Waals surface area contributed by atoms with Gasteiger partial charge in [-0.2, -0.15) is 0 Å². The van der Waals surface area contributed by atoms with E-state index in [2.05, 4.69) is 5.32 Å². The maximum Gasteiger partial charge on any atom is 0.175 e. The first-order chi connectivity index (χ1) is 8.97. The molecule has 0 unspecified atom stereocenters. The highest BCUT2D eigenvalue weighted by Gasteiger charge is 2.20. The molecule has 0 atom stereocenters. The summed E-state index contributed by atoms with van der Waals surface area (Å²) in [7, 11) is -3.21. The third-order valence-electron chi connectivity index (χ3n) is 3.06. The van der Waals surface area contributed by atoms with Gasteiger partial charge in [0, 0.05) is 19.4 Å². The van der Waals surface area contributed by atoms with Crippen molar-refractivity contribution < 1.29 is 13.2 Å². The lowest BCUT2D eigenvalue weighted by Crippen LogP contribution is -2.12. The van der Waals surface area contributed by atoms with Crippen LogP contribution >= 0.6 is 0 Å². The summed E-state index contributed by atoms with van der Waals surface area (Å²) in [5.74, 6) is 0.763. The van der Waals surface area contributed by atoms with Crippen LogP contribution in [0.4, 0.5) is 11.4 Å². The summed E-state index contributed by atoms with van der Waals surface area (Å²) >= 11 is 0. The van der Waals surface area contributed by atoms with Crippen LogP contribution in [0.2, 0.25) is 0 Å². The first kappa shape index (κ1) is 14.1. The highest BCUT2D eigenvalue weighted by molar-refractivity contribution is 7.90. The molecule has 106 valence electrons. The van der Waals surface area contributed by atoms with Gasteiger partial charge in [0.1, 0.15) is 0 Å². The number of anilines is 2. The molecule has 2 rings (SSSR count). The maximum atomic E-state index is 11.4. The van der Waals surface area contributed by atoms with Crippen LogP contribution < -0.4 is 11.1 Å². The molecule has 0 radical (unpaired) electrons. The summed E-state index contributed by atoms with van der Waals surface area (Å²) in [6.45, 7) is 2.13. The van der Waals surface area contributed by atoms with Gasteiger partial charge in [-0.3, -0.25) is 0 Å². The Morgan fingerprint density at radius 3 is 2.74 bits per heavy atom. The van der Waals surface area contributed by atoms with Gasteiger partial charge in [0.2, 0.25) is 0 Å². The number of sulfone groups is 1. The average molecular weight is 284 g/mol. The zero-order chi connectivity index (χ0) is 13.9. The smallest absolute Gasteiger partial charge is 0.175 e.